The Labute approximate surface area is 160 Å². The average molecular weight is 371 g/mol. The zero-order valence-electron chi connectivity index (χ0n) is 16.0. The van der Waals surface area contributed by atoms with Gasteiger partial charge in [0.15, 0.2) is 0 Å². The molecule has 1 unspecified atom stereocenters. The highest BCUT2D eigenvalue weighted by atomic mass is 16.2. The summed E-state index contributed by atoms with van der Waals surface area (Å²) in [5, 5.41) is 5.83. The first-order valence-electron chi connectivity index (χ1n) is 10.0. The first-order chi connectivity index (χ1) is 13.1. The fourth-order valence-corrected chi connectivity index (χ4v) is 4.14. The van der Waals surface area contributed by atoms with Crippen LogP contribution in [-0.2, 0) is 9.59 Å². The van der Waals surface area contributed by atoms with E-state index in [2.05, 4.69) is 29.7 Å². The van der Waals surface area contributed by atoms with Crippen molar-refractivity contribution in [1.29, 1.82) is 0 Å². The fraction of sp³-hybridized carbons (Fsp3) is 0.571. The lowest BCUT2D eigenvalue weighted by molar-refractivity contribution is -0.132. The average Bonchev–Trinajstić information content (AvgIpc) is 2.91. The third kappa shape index (κ3) is 4.31. The Morgan fingerprint density at radius 3 is 2.56 bits per heavy atom. The van der Waals surface area contributed by atoms with Crippen LogP contribution in [0.5, 0.6) is 0 Å². The van der Waals surface area contributed by atoms with Crippen LogP contribution in [0, 0.1) is 0 Å². The van der Waals surface area contributed by atoms with Crippen molar-refractivity contribution in [1.82, 2.24) is 15.5 Å². The first kappa shape index (κ1) is 19.4. The second-order valence-electron chi connectivity index (χ2n) is 7.60. The lowest BCUT2D eigenvalue weighted by atomic mass is 9.82. The van der Waals surface area contributed by atoms with E-state index >= 15 is 0 Å². The lowest BCUT2D eigenvalue weighted by Crippen LogP contribution is -2.48. The quantitative estimate of drug-likeness (QED) is 0.724. The van der Waals surface area contributed by atoms with Crippen LogP contribution in [0.2, 0.25) is 0 Å². The van der Waals surface area contributed by atoms with Crippen LogP contribution in [0.1, 0.15) is 63.4 Å². The van der Waals surface area contributed by atoms with Gasteiger partial charge in [-0.05, 0) is 24.8 Å². The van der Waals surface area contributed by atoms with Crippen molar-refractivity contribution in [3.05, 3.63) is 35.9 Å². The minimum atomic E-state index is -0.716. The van der Waals surface area contributed by atoms with E-state index in [4.69, 9.17) is 0 Å². The number of nitrogens with one attached hydrogen (secondary N) is 2. The number of nitrogens with zero attached hydrogens (tertiary/aromatic N) is 1. The summed E-state index contributed by atoms with van der Waals surface area (Å²) < 4.78 is 0. The van der Waals surface area contributed by atoms with Gasteiger partial charge >= 0.3 is 6.03 Å². The maximum atomic E-state index is 12.7. The summed E-state index contributed by atoms with van der Waals surface area (Å²) in [5.41, 5.74) is 0.487. The molecule has 1 spiro atoms. The second kappa shape index (κ2) is 8.55. The van der Waals surface area contributed by atoms with Crippen molar-refractivity contribution in [2.45, 2.75) is 63.3 Å². The molecule has 0 aromatic heterocycles. The summed E-state index contributed by atoms with van der Waals surface area (Å²) in [4.78, 5) is 38.4. The molecular weight excluding hydrogens is 342 g/mol. The highest BCUT2D eigenvalue weighted by Crippen LogP contribution is 2.33. The van der Waals surface area contributed by atoms with Gasteiger partial charge in [0.25, 0.3) is 5.91 Å². The van der Waals surface area contributed by atoms with E-state index < -0.39 is 5.54 Å². The standard InChI is InChI=1S/C21H29N3O3/c1-2-16(17-9-5-3-6-10-17)15-22-18(25)11-14-24-19(26)21(23-20(24)27)12-7-4-8-13-21/h3,5-6,9-10,16H,2,4,7-8,11-15H2,1H3,(H,22,25)(H,23,27). The number of amides is 4. The van der Waals surface area contributed by atoms with Gasteiger partial charge in [-0.15, -0.1) is 0 Å². The van der Waals surface area contributed by atoms with Gasteiger partial charge in [-0.1, -0.05) is 56.5 Å². The molecule has 6 heteroatoms. The predicted octanol–water partition coefficient (Wildman–Crippen LogP) is 2.94. The Bertz CT molecular complexity index is 683. The van der Waals surface area contributed by atoms with Crippen LogP contribution in [-0.4, -0.2) is 41.4 Å². The van der Waals surface area contributed by atoms with Crippen molar-refractivity contribution in [3.8, 4) is 0 Å². The molecule has 0 bridgehead atoms. The highest BCUT2D eigenvalue weighted by molar-refractivity contribution is 6.07. The third-order valence-corrected chi connectivity index (χ3v) is 5.82. The Morgan fingerprint density at radius 2 is 1.89 bits per heavy atom. The third-order valence-electron chi connectivity index (χ3n) is 5.82. The number of carbonyl (C=O) groups excluding carboxylic acids is 3. The first-order valence-corrected chi connectivity index (χ1v) is 10.0. The molecule has 1 atom stereocenters. The number of benzene rings is 1. The summed E-state index contributed by atoms with van der Waals surface area (Å²) in [6, 6.07) is 9.75. The van der Waals surface area contributed by atoms with Gasteiger partial charge in [0, 0.05) is 25.4 Å². The molecule has 2 aliphatic rings. The molecular formula is C21H29N3O3. The van der Waals surface area contributed by atoms with Crippen molar-refractivity contribution in [2.24, 2.45) is 0 Å². The Hall–Kier alpha value is -2.37. The summed E-state index contributed by atoms with van der Waals surface area (Å²) in [7, 11) is 0. The summed E-state index contributed by atoms with van der Waals surface area (Å²) >= 11 is 0. The van der Waals surface area contributed by atoms with Crippen molar-refractivity contribution < 1.29 is 14.4 Å². The second-order valence-corrected chi connectivity index (χ2v) is 7.60. The van der Waals surface area contributed by atoms with Gasteiger partial charge < -0.3 is 10.6 Å². The minimum absolute atomic E-state index is 0.130. The van der Waals surface area contributed by atoms with Gasteiger partial charge in [0.05, 0.1) is 0 Å². The van der Waals surface area contributed by atoms with Gasteiger partial charge in [-0.3, -0.25) is 14.5 Å². The number of rotatable bonds is 7. The van der Waals surface area contributed by atoms with Crippen LogP contribution in [0.4, 0.5) is 4.79 Å². The van der Waals surface area contributed by atoms with Gasteiger partial charge in [0.2, 0.25) is 5.91 Å². The van der Waals surface area contributed by atoms with E-state index in [1.165, 1.54) is 10.5 Å². The highest BCUT2D eigenvalue weighted by Gasteiger charge is 2.50. The largest absolute Gasteiger partial charge is 0.355 e. The summed E-state index contributed by atoms with van der Waals surface area (Å²) in [6.45, 7) is 2.80. The zero-order valence-corrected chi connectivity index (χ0v) is 16.0. The van der Waals surface area contributed by atoms with Crippen LogP contribution in [0.25, 0.3) is 0 Å². The van der Waals surface area contributed by atoms with E-state index in [0.717, 1.165) is 25.7 Å². The SMILES string of the molecule is CCC(CNC(=O)CCN1C(=O)NC2(CCCCC2)C1=O)c1ccccc1. The molecule has 1 aromatic rings. The van der Waals surface area contributed by atoms with E-state index in [1.54, 1.807) is 0 Å². The van der Waals surface area contributed by atoms with Gasteiger partial charge in [0.1, 0.15) is 5.54 Å². The van der Waals surface area contributed by atoms with E-state index in [0.29, 0.717) is 19.4 Å². The van der Waals surface area contributed by atoms with Crippen LogP contribution in [0.3, 0.4) is 0 Å². The molecule has 1 aliphatic carbocycles. The Morgan fingerprint density at radius 1 is 1.19 bits per heavy atom. The Balaban J connectivity index is 1.49. The predicted molar refractivity (Wildman–Crippen MR) is 103 cm³/mol. The van der Waals surface area contributed by atoms with Crippen LogP contribution < -0.4 is 10.6 Å². The molecule has 1 saturated carbocycles. The smallest absolute Gasteiger partial charge is 0.325 e. The van der Waals surface area contributed by atoms with Crippen molar-refractivity contribution >= 4 is 17.8 Å². The van der Waals surface area contributed by atoms with Gasteiger partial charge in [-0.25, -0.2) is 4.79 Å². The molecule has 146 valence electrons. The molecule has 1 saturated heterocycles. The summed E-state index contributed by atoms with van der Waals surface area (Å²) in [5.74, 6) is -0.0253. The van der Waals surface area contributed by atoms with Gasteiger partial charge in [-0.2, -0.15) is 0 Å². The van der Waals surface area contributed by atoms with Crippen molar-refractivity contribution in [3.63, 3.8) is 0 Å². The molecule has 1 heterocycles. The number of carbonyl (C=O) groups is 3. The molecule has 4 amide bonds. The van der Waals surface area contributed by atoms with Crippen molar-refractivity contribution in [2.75, 3.05) is 13.1 Å². The topological polar surface area (TPSA) is 78.5 Å². The van der Waals surface area contributed by atoms with Crippen LogP contribution >= 0.6 is 0 Å². The molecule has 27 heavy (non-hydrogen) atoms. The molecule has 2 N–H and O–H groups in total. The maximum Gasteiger partial charge on any atom is 0.325 e. The van der Waals surface area contributed by atoms with E-state index in [9.17, 15) is 14.4 Å². The fourth-order valence-electron chi connectivity index (χ4n) is 4.14. The van der Waals surface area contributed by atoms with E-state index in [-0.39, 0.29) is 36.7 Å². The number of imide groups is 1. The molecule has 0 radical (unpaired) electrons. The molecule has 6 nitrogen and oxygen atoms in total. The monoisotopic (exact) mass is 371 g/mol. The molecule has 1 aromatic carbocycles. The van der Waals surface area contributed by atoms with Crippen LogP contribution in [0.15, 0.2) is 30.3 Å². The lowest BCUT2D eigenvalue weighted by Gasteiger charge is -2.30. The zero-order chi connectivity index (χ0) is 19.3. The Kier molecular flexibility index (Phi) is 6.14. The number of hydrogen-bond donors (Lipinski definition) is 2. The molecule has 2 fully saturated rings. The number of urea groups is 1. The molecule has 3 rings (SSSR count). The van der Waals surface area contributed by atoms with E-state index in [1.807, 2.05) is 18.2 Å². The normalized spacial score (nSPS) is 19.8. The molecule has 1 aliphatic heterocycles. The minimum Gasteiger partial charge on any atom is -0.355 e. The summed E-state index contributed by atoms with van der Waals surface area (Å²) in [6.07, 6.45) is 5.50. The maximum absolute atomic E-state index is 12.7. The number of hydrogen-bond acceptors (Lipinski definition) is 3.